The van der Waals surface area contributed by atoms with Gasteiger partial charge in [-0.05, 0) is 25.0 Å². The van der Waals surface area contributed by atoms with E-state index >= 15 is 0 Å². The van der Waals surface area contributed by atoms with Crippen LogP contribution in [0.25, 0.3) is 0 Å². The molecule has 3 nitrogen and oxygen atoms in total. The molecule has 0 radical (unpaired) electrons. The Bertz CT molecular complexity index is 350. The van der Waals surface area contributed by atoms with Crippen LogP contribution < -0.4 is 14.8 Å². The highest BCUT2D eigenvalue weighted by atomic mass is 16.5. The van der Waals surface area contributed by atoms with E-state index in [2.05, 4.69) is 26.1 Å². The Morgan fingerprint density at radius 3 is 2.32 bits per heavy atom. The summed E-state index contributed by atoms with van der Waals surface area (Å²) >= 11 is 0. The fourth-order valence-electron chi connectivity index (χ4n) is 2.35. The van der Waals surface area contributed by atoms with Crippen molar-refractivity contribution in [3.05, 3.63) is 24.3 Å². The molecule has 0 bridgehead atoms. The summed E-state index contributed by atoms with van der Waals surface area (Å²) in [6.07, 6.45) is 2.44. The molecule has 1 aromatic carbocycles. The van der Waals surface area contributed by atoms with Gasteiger partial charge in [0.2, 0.25) is 0 Å². The zero-order valence-corrected chi connectivity index (χ0v) is 12.6. The van der Waals surface area contributed by atoms with Gasteiger partial charge in [0, 0.05) is 12.6 Å². The van der Waals surface area contributed by atoms with Crippen molar-refractivity contribution < 1.29 is 9.47 Å². The third-order valence-electron chi connectivity index (χ3n) is 3.65. The summed E-state index contributed by atoms with van der Waals surface area (Å²) in [5.74, 6) is 2.34. The number of hydrogen-bond donors (Lipinski definition) is 1. The Morgan fingerprint density at radius 1 is 1.11 bits per heavy atom. The number of para-hydroxylation sites is 2. The van der Waals surface area contributed by atoms with Gasteiger partial charge in [-0.25, -0.2) is 0 Å². The molecule has 0 aliphatic rings. The van der Waals surface area contributed by atoms with Crippen LogP contribution in [0.15, 0.2) is 24.3 Å². The van der Waals surface area contributed by atoms with E-state index in [1.165, 1.54) is 12.8 Å². The van der Waals surface area contributed by atoms with Crippen molar-refractivity contribution >= 4 is 0 Å². The van der Waals surface area contributed by atoms with E-state index in [1.54, 1.807) is 7.11 Å². The first-order chi connectivity index (χ1) is 9.22. The standard InChI is InChI=1S/C16H27NO2/c1-5-14(6-2)13(3)17-11-12-19-16-10-8-7-9-15(16)18-4/h7-10,13-14,17H,5-6,11-12H2,1-4H3. The van der Waals surface area contributed by atoms with Crippen LogP contribution in [0.4, 0.5) is 0 Å². The van der Waals surface area contributed by atoms with E-state index in [0.717, 1.165) is 24.0 Å². The number of methoxy groups -OCH3 is 1. The topological polar surface area (TPSA) is 30.5 Å². The van der Waals surface area contributed by atoms with Crippen molar-refractivity contribution in [3.8, 4) is 11.5 Å². The quantitative estimate of drug-likeness (QED) is 0.693. The predicted octanol–water partition coefficient (Wildman–Crippen LogP) is 3.49. The van der Waals surface area contributed by atoms with Crippen LogP contribution in [0, 0.1) is 5.92 Å². The smallest absolute Gasteiger partial charge is 0.161 e. The van der Waals surface area contributed by atoms with Gasteiger partial charge >= 0.3 is 0 Å². The van der Waals surface area contributed by atoms with E-state index in [9.17, 15) is 0 Å². The zero-order chi connectivity index (χ0) is 14.1. The summed E-state index contributed by atoms with van der Waals surface area (Å²) in [6, 6.07) is 8.28. The number of ether oxygens (including phenoxy) is 2. The largest absolute Gasteiger partial charge is 0.493 e. The van der Waals surface area contributed by atoms with Crippen molar-refractivity contribution in [1.82, 2.24) is 5.32 Å². The van der Waals surface area contributed by atoms with Gasteiger partial charge in [-0.3, -0.25) is 0 Å². The van der Waals surface area contributed by atoms with Crippen LogP contribution >= 0.6 is 0 Å². The van der Waals surface area contributed by atoms with Gasteiger partial charge in [-0.1, -0.05) is 38.8 Å². The second-order valence-electron chi connectivity index (χ2n) is 4.82. The lowest BCUT2D eigenvalue weighted by Crippen LogP contribution is -2.35. The first kappa shape index (κ1) is 15.8. The second-order valence-corrected chi connectivity index (χ2v) is 4.82. The van der Waals surface area contributed by atoms with Gasteiger partial charge in [0.05, 0.1) is 7.11 Å². The second kappa shape index (κ2) is 8.81. The average molecular weight is 265 g/mol. The fraction of sp³-hybridized carbons (Fsp3) is 0.625. The monoisotopic (exact) mass is 265 g/mol. The van der Waals surface area contributed by atoms with E-state index in [-0.39, 0.29) is 0 Å². The number of hydrogen-bond acceptors (Lipinski definition) is 3. The first-order valence-corrected chi connectivity index (χ1v) is 7.22. The van der Waals surface area contributed by atoms with E-state index in [0.29, 0.717) is 12.6 Å². The molecule has 0 fully saturated rings. The number of nitrogens with one attached hydrogen (secondary N) is 1. The molecule has 0 aromatic heterocycles. The Hall–Kier alpha value is -1.22. The van der Waals surface area contributed by atoms with Crippen molar-refractivity contribution in [3.63, 3.8) is 0 Å². The molecule has 0 spiro atoms. The van der Waals surface area contributed by atoms with E-state index in [4.69, 9.17) is 9.47 Å². The highest BCUT2D eigenvalue weighted by Gasteiger charge is 2.12. The molecule has 108 valence electrons. The minimum Gasteiger partial charge on any atom is -0.493 e. The Balaban J connectivity index is 2.31. The molecule has 0 amide bonds. The molecule has 1 unspecified atom stereocenters. The molecule has 0 heterocycles. The van der Waals surface area contributed by atoms with Crippen molar-refractivity contribution in [2.75, 3.05) is 20.3 Å². The van der Waals surface area contributed by atoms with Crippen LogP contribution in [-0.4, -0.2) is 26.3 Å². The average Bonchev–Trinajstić information content (AvgIpc) is 2.45. The molecule has 19 heavy (non-hydrogen) atoms. The van der Waals surface area contributed by atoms with Gasteiger partial charge in [-0.2, -0.15) is 0 Å². The highest BCUT2D eigenvalue weighted by Crippen LogP contribution is 2.25. The lowest BCUT2D eigenvalue weighted by Gasteiger charge is -2.22. The third-order valence-corrected chi connectivity index (χ3v) is 3.65. The molecule has 0 aliphatic carbocycles. The molecular weight excluding hydrogens is 238 g/mol. The molecule has 0 saturated carbocycles. The number of rotatable bonds is 9. The maximum Gasteiger partial charge on any atom is 0.161 e. The van der Waals surface area contributed by atoms with E-state index < -0.39 is 0 Å². The maximum absolute atomic E-state index is 5.74. The fourth-order valence-corrected chi connectivity index (χ4v) is 2.35. The van der Waals surface area contributed by atoms with Gasteiger partial charge in [0.25, 0.3) is 0 Å². The highest BCUT2D eigenvalue weighted by molar-refractivity contribution is 5.39. The summed E-state index contributed by atoms with van der Waals surface area (Å²) in [6.45, 7) is 8.26. The van der Waals surface area contributed by atoms with Crippen LogP contribution in [-0.2, 0) is 0 Å². The van der Waals surface area contributed by atoms with Crippen molar-refractivity contribution in [2.24, 2.45) is 5.92 Å². The molecule has 1 aromatic rings. The lowest BCUT2D eigenvalue weighted by atomic mass is 9.96. The van der Waals surface area contributed by atoms with Crippen LogP contribution in [0.5, 0.6) is 11.5 Å². The lowest BCUT2D eigenvalue weighted by molar-refractivity contribution is 0.272. The summed E-state index contributed by atoms with van der Waals surface area (Å²) in [4.78, 5) is 0. The summed E-state index contributed by atoms with van der Waals surface area (Å²) in [5.41, 5.74) is 0. The van der Waals surface area contributed by atoms with Gasteiger partial charge in [0.1, 0.15) is 6.61 Å². The molecule has 1 atom stereocenters. The Morgan fingerprint density at radius 2 is 1.74 bits per heavy atom. The Labute approximate surface area is 117 Å². The first-order valence-electron chi connectivity index (χ1n) is 7.22. The normalized spacial score (nSPS) is 12.5. The third kappa shape index (κ3) is 5.11. The molecule has 3 heteroatoms. The Kier molecular flexibility index (Phi) is 7.34. The van der Waals surface area contributed by atoms with Gasteiger partial charge in [0.15, 0.2) is 11.5 Å². The van der Waals surface area contributed by atoms with Crippen molar-refractivity contribution in [1.29, 1.82) is 0 Å². The molecule has 0 aliphatic heterocycles. The predicted molar refractivity (Wildman–Crippen MR) is 80.0 cm³/mol. The molecular formula is C16H27NO2. The zero-order valence-electron chi connectivity index (χ0n) is 12.6. The SMILES string of the molecule is CCC(CC)C(C)NCCOc1ccccc1OC. The summed E-state index contributed by atoms with van der Waals surface area (Å²) in [5, 5.41) is 3.53. The summed E-state index contributed by atoms with van der Waals surface area (Å²) < 4.78 is 11.0. The number of benzene rings is 1. The van der Waals surface area contributed by atoms with Crippen LogP contribution in [0.3, 0.4) is 0 Å². The minimum absolute atomic E-state index is 0.538. The van der Waals surface area contributed by atoms with Crippen molar-refractivity contribution in [2.45, 2.75) is 39.7 Å². The van der Waals surface area contributed by atoms with Crippen LogP contribution in [0.1, 0.15) is 33.6 Å². The molecule has 0 saturated heterocycles. The van der Waals surface area contributed by atoms with Gasteiger partial charge < -0.3 is 14.8 Å². The minimum atomic E-state index is 0.538. The van der Waals surface area contributed by atoms with Gasteiger partial charge in [-0.15, -0.1) is 0 Å². The molecule has 1 rings (SSSR count). The van der Waals surface area contributed by atoms with E-state index in [1.807, 2.05) is 24.3 Å². The maximum atomic E-state index is 5.74. The molecule has 1 N–H and O–H groups in total. The summed E-state index contributed by atoms with van der Waals surface area (Å²) in [7, 11) is 1.66. The van der Waals surface area contributed by atoms with Crippen LogP contribution in [0.2, 0.25) is 0 Å².